The number of nitrogens with one attached hydrogen (secondary N) is 1. The molecule has 1 saturated heterocycles. The first-order chi connectivity index (χ1) is 11.6. The largest absolute Gasteiger partial charge is 0.464 e. The number of rotatable bonds is 4. The van der Waals surface area contributed by atoms with Crippen LogP contribution in [0, 0.1) is 5.82 Å². The Labute approximate surface area is 138 Å². The van der Waals surface area contributed by atoms with Crippen LogP contribution in [0.3, 0.4) is 0 Å². The van der Waals surface area contributed by atoms with Crippen molar-refractivity contribution in [3.63, 3.8) is 0 Å². The maximum Gasteiger partial charge on any atom is 0.331 e. The molecule has 1 aliphatic rings. The Balaban J connectivity index is 1.78. The minimum atomic E-state index is -0.714. The van der Waals surface area contributed by atoms with E-state index < -0.39 is 12.0 Å². The van der Waals surface area contributed by atoms with Gasteiger partial charge in [0.15, 0.2) is 6.04 Å². The van der Waals surface area contributed by atoms with E-state index in [9.17, 15) is 14.0 Å². The van der Waals surface area contributed by atoms with Gasteiger partial charge < -0.3 is 19.4 Å². The Hall–Kier alpha value is -2.41. The fourth-order valence-corrected chi connectivity index (χ4v) is 2.91. The number of morpholine rings is 1. The molecule has 3 rings (SSSR count). The number of benzene rings is 1. The van der Waals surface area contributed by atoms with Crippen molar-refractivity contribution in [2.75, 3.05) is 26.4 Å². The number of nitrogens with zero attached hydrogens (tertiary/aromatic N) is 1. The van der Waals surface area contributed by atoms with Gasteiger partial charge in [-0.25, -0.2) is 9.18 Å². The van der Waals surface area contributed by atoms with Gasteiger partial charge in [0.2, 0.25) is 5.91 Å². The molecule has 2 aromatic rings. The zero-order chi connectivity index (χ0) is 17.1. The number of carbonyl (C=O) groups is 2. The number of amides is 1. The topological polar surface area (TPSA) is 71.6 Å². The van der Waals surface area contributed by atoms with Gasteiger partial charge in [0, 0.05) is 23.6 Å². The first-order valence-electron chi connectivity index (χ1n) is 7.89. The molecule has 0 bridgehead atoms. The fraction of sp³-hybridized carbons (Fsp3) is 0.412. The van der Waals surface area contributed by atoms with Crippen molar-refractivity contribution in [3.05, 3.63) is 35.8 Å². The highest BCUT2D eigenvalue weighted by Crippen LogP contribution is 2.21. The van der Waals surface area contributed by atoms with E-state index in [1.165, 1.54) is 17.0 Å². The second-order valence-electron chi connectivity index (χ2n) is 5.61. The smallest absolute Gasteiger partial charge is 0.331 e. The molecule has 1 atom stereocenters. The molecule has 1 aromatic heterocycles. The first kappa shape index (κ1) is 16.4. The third-order valence-electron chi connectivity index (χ3n) is 4.08. The summed E-state index contributed by atoms with van der Waals surface area (Å²) in [5, 5.41) is 0.797. The normalized spacial score (nSPS) is 17.9. The molecule has 7 heteroatoms. The second-order valence-corrected chi connectivity index (χ2v) is 5.61. The van der Waals surface area contributed by atoms with Crippen molar-refractivity contribution >= 4 is 22.8 Å². The fourth-order valence-electron chi connectivity index (χ4n) is 2.91. The molecule has 0 saturated carbocycles. The highest BCUT2D eigenvalue weighted by atomic mass is 19.1. The Morgan fingerprint density at radius 1 is 1.46 bits per heavy atom. The van der Waals surface area contributed by atoms with E-state index in [0.717, 1.165) is 10.9 Å². The number of fused-ring (bicyclic) bond motifs is 1. The van der Waals surface area contributed by atoms with E-state index in [4.69, 9.17) is 9.47 Å². The average Bonchev–Trinajstić information content (AvgIpc) is 2.97. The lowest BCUT2D eigenvalue weighted by Crippen LogP contribution is -2.53. The van der Waals surface area contributed by atoms with Crippen molar-refractivity contribution in [3.8, 4) is 0 Å². The van der Waals surface area contributed by atoms with Gasteiger partial charge in [-0.1, -0.05) is 0 Å². The van der Waals surface area contributed by atoms with Crippen molar-refractivity contribution in [1.29, 1.82) is 0 Å². The summed E-state index contributed by atoms with van der Waals surface area (Å²) in [5.41, 5.74) is 1.41. The third-order valence-corrected chi connectivity index (χ3v) is 4.08. The van der Waals surface area contributed by atoms with E-state index in [-0.39, 0.29) is 31.4 Å². The van der Waals surface area contributed by atoms with Gasteiger partial charge in [-0.05, 0) is 30.7 Å². The third kappa shape index (κ3) is 3.26. The van der Waals surface area contributed by atoms with Gasteiger partial charge in [0.05, 0.1) is 26.2 Å². The Kier molecular flexibility index (Phi) is 4.80. The van der Waals surface area contributed by atoms with Gasteiger partial charge >= 0.3 is 5.97 Å². The predicted molar refractivity (Wildman–Crippen MR) is 84.9 cm³/mol. The Morgan fingerprint density at radius 2 is 2.29 bits per heavy atom. The molecule has 1 fully saturated rings. The number of hydrogen-bond acceptors (Lipinski definition) is 4. The molecule has 0 aliphatic carbocycles. The highest BCUT2D eigenvalue weighted by Gasteiger charge is 2.34. The summed E-state index contributed by atoms with van der Waals surface area (Å²) in [6.07, 6.45) is 1.82. The second kappa shape index (κ2) is 7.00. The van der Waals surface area contributed by atoms with Crippen LogP contribution in [-0.4, -0.2) is 54.2 Å². The monoisotopic (exact) mass is 334 g/mol. The summed E-state index contributed by atoms with van der Waals surface area (Å²) in [7, 11) is 0. The maximum absolute atomic E-state index is 13.3. The van der Waals surface area contributed by atoms with Gasteiger partial charge in [-0.15, -0.1) is 0 Å². The highest BCUT2D eigenvalue weighted by molar-refractivity contribution is 5.91. The SMILES string of the molecule is CCOC(=O)[C@H]1COCCN1C(=O)Cc1c[nH]c2cc(F)ccc12. The van der Waals surface area contributed by atoms with Crippen LogP contribution in [0.15, 0.2) is 24.4 Å². The zero-order valence-corrected chi connectivity index (χ0v) is 13.4. The molecule has 6 nitrogen and oxygen atoms in total. The Bertz CT molecular complexity index is 758. The molecular weight excluding hydrogens is 315 g/mol. The molecule has 24 heavy (non-hydrogen) atoms. The number of aromatic amines is 1. The van der Waals surface area contributed by atoms with E-state index in [1.807, 2.05) is 0 Å². The average molecular weight is 334 g/mol. The van der Waals surface area contributed by atoms with Crippen LogP contribution in [0.4, 0.5) is 4.39 Å². The predicted octanol–water partition coefficient (Wildman–Crippen LogP) is 1.64. The number of carbonyl (C=O) groups excluding carboxylic acids is 2. The van der Waals surface area contributed by atoms with Crippen molar-refractivity contribution < 1.29 is 23.5 Å². The summed E-state index contributed by atoms with van der Waals surface area (Å²) in [5.74, 6) is -0.967. The quantitative estimate of drug-likeness (QED) is 0.863. The van der Waals surface area contributed by atoms with Crippen LogP contribution in [0.5, 0.6) is 0 Å². The summed E-state index contributed by atoms with van der Waals surface area (Å²) >= 11 is 0. The molecule has 0 unspecified atom stereocenters. The van der Waals surface area contributed by atoms with Crippen LogP contribution >= 0.6 is 0 Å². The van der Waals surface area contributed by atoms with Crippen LogP contribution in [0.25, 0.3) is 10.9 Å². The standard InChI is InChI=1S/C17H19FN2O4/c1-2-24-17(22)15-10-23-6-5-20(15)16(21)7-11-9-19-14-8-12(18)3-4-13(11)14/h3-4,8-9,15,19H,2,5-7,10H2,1H3/t15-/m1/s1. The summed E-state index contributed by atoms with van der Waals surface area (Å²) in [6, 6.07) is 3.68. The van der Waals surface area contributed by atoms with Crippen LogP contribution in [0.2, 0.25) is 0 Å². The van der Waals surface area contributed by atoms with Crippen LogP contribution in [0.1, 0.15) is 12.5 Å². The van der Waals surface area contributed by atoms with Gasteiger partial charge in [0.1, 0.15) is 5.82 Å². The molecule has 128 valence electrons. The lowest BCUT2D eigenvalue weighted by atomic mass is 10.1. The number of aromatic nitrogens is 1. The molecule has 1 N–H and O–H groups in total. The van der Waals surface area contributed by atoms with Gasteiger partial charge in [-0.3, -0.25) is 4.79 Å². The molecule has 2 heterocycles. The minimum Gasteiger partial charge on any atom is -0.464 e. The van der Waals surface area contributed by atoms with E-state index in [2.05, 4.69) is 4.98 Å². The number of halogens is 1. The molecule has 0 spiro atoms. The van der Waals surface area contributed by atoms with Gasteiger partial charge in [0.25, 0.3) is 0 Å². The lowest BCUT2D eigenvalue weighted by Gasteiger charge is -2.33. The summed E-state index contributed by atoms with van der Waals surface area (Å²) in [4.78, 5) is 29.2. The van der Waals surface area contributed by atoms with Gasteiger partial charge in [-0.2, -0.15) is 0 Å². The van der Waals surface area contributed by atoms with E-state index >= 15 is 0 Å². The van der Waals surface area contributed by atoms with Crippen molar-refractivity contribution in [2.45, 2.75) is 19.4 Å². The number of H-pyrrole nitrogens is 1. The minimum absolute atomic E-state index is 0.127. The number of hydrogen-bond donors (Lipinski definition) is 1. The van der Waals surface area contributed by atoms with E-state index in [1.54, 1.807) is 19.2 Å². The van der Waals surface area contributed by atoms with E-state index in [0.29, 0.717) is 18.7 Å². The molecule has 1 aliphatic heterocycles. The summed E-state index contributed by atoms with van der Waals surface area (Å²) < 4.78 is 23.6. The van der Waals surface area contributed by atoms with Crippen LogP contribution < -0.4 is 0 Å². The molecular formula is C17H19FN2O4. The molecule has 0 radical (unpaired) electrons. The Morgan fingerprint density at radius 3 is 3.08 bits per heavy atom. The number of esters is 1. The van der Waals surface area contributed by atoms with Crippen molar-refractivity contribution in [2.24, 2.45) is 0 Å². The summed E-state index contributed by atoms with van der Waals surface area (Å²) in [6.45, 7) is 2.86. The number of ether oxygens (including phenoxy) is 2. The zero-order valence-electron chi connectivity index (χ0n) is 13.4. The lowest BCUT2D eigenvalue weighted by molar-refractivity contribution is -0.162. The molecule has 1 aromatic carbocycles. The van der Waals surface area contributed by atoms with Crippen LogP contribution in [-0.2, 0) is 25.5 Å². The first-order valence-corrected chi connectivity index (χ1v) is 7.89. The molecule has 1 amide bonds. The van der Waals surface area contributed by atoms with Crippen molar-refractivity contribution in [1.82, 2.24) is 9.88 Å². The maximum atomic E-state index is 13.3.